The van der Waals surface area contributed by atoms with Crippen LogP contribution in [0.1, 0.15) is 42.3 Å². The number of furan rings is 1. The molecule has 0 spiro atoms. The number of nitrogens with zero attached hydrogens (tertiary/aromatic N) is 1. The molecule has 2 heterocycles. The minimum Gasteiger partial charge on any atom is -0.451 e. The fraction of sp³-hybridized carbons (Fsp3) is 0.154. The first-order valence-electron chi connectivity index (χ1n) is 10.4. The molecule has 154 valence electrons. The minimum atomic E-state index is -0.289. The monoisotopic (exact) mass is 410 g/mol. The smallest absolute Gasteiger partial charge is 0.291 e. The highest BCUT2D eigenvalue weighted by Gasteiger charge is 2.14. The van der Waals surface area contributed by atoms with E-state index in [0.717, 1.165) is 28.5 Å². The number of amides is 1. The van der Waals surface area contributed by atoms with Crippen molar-refractivity contribution in [3.63, 3.8) is 0 Å². The number of carbonyl (C=O) groups is 1. The van der Waals surface area contributed by atoms with Crippen LogP contribution in [0.15, 0.2) is 81.6 Å². The predicted octanol–water partition coefficient (Wildman–Crippen LogP) is 7.01. The minimum absolute atomic E-state index is 0.279. The molecule has 1 N–H and O–H groups in total. The number of aromatic nitrogens is 1. The van der Waals surface area contributed by atoms with Gasteiger partial charge < -0.3 is 14.2 Å². The van der Waals surface area contributed by atoms with Gasteiger partial charge in [-0.2, -0.15) is 0 Å². The molecule has 0 aliphatic rings. The van der Waals surface area contributed by atoms with Crippen molar-refractivity contribution in [1.29, 1.82) is 0 Å². The van der Waals surface area contributed by atoms with Gasteiger partial charge in [0, 0.05) is 16.6 Å². The lowest BCUT2D eigenvalue weighted by Crippen LogP contribution is -2.10. The van der Waals surface area contributed by atoms with Crippen LogP contribution in [0.3, 0.4) is 0 Å². The Hall–Kier alpha value is -3.86. The lowest BCUT2D eigenvalue weighted by molar-refractivity contribution is 0.0998. The summed E-state index contributed by atoms with van der Waals surface area (Å²) in [6, 6.07) is 22.9. The van der Waals surface area contributed by atoms with Crippen LogP contribution < -0.4 is 5.32 Å². The Morgan fingerprint density at radius 3 is 2.55 bits per heavy atom. The van der Waals surface area contributed by atoms with Gasteiger partial charge in [0.05, 0.1) is 0 Å². The number of oxazole rings is 1. The van der Waals surface area contributed by atoms with Crippen LogP contribution in [0.5, 0.6) is 0 Å². The summed E-state index contributed by atoms with van der Waals surface area (Å²) in [4.78, 5) is 17.2. The average molecular weight is 410 g/mol. The Morgan fingerprint density at radius 1 is 0.968 bits per heavy atom. The molecule has 5 rings (SSSR count). The van der Waals surface area contributed by atoms with Gasteiger partial charge in [0.15, 0.2) is 11.3 Å². The molecule has 5 heteroatoms. The van der Waals surface area contributed by atoms with Crippen molar-refractivity contribution < 1.29 is 13.6 Å². The second-order valence-electron chi connectivity index (χ2n) is 7.74. The van der Waals surface area contributed by atoms with E-state index in [2.05, 4.69) is 36.3 Å². The van der Waals surface area contributed by atoms with E-state index in [9.17, 15) is 4.79 Å². The predicted molar refractivity (Wildman–Crippen MR) is 122 cm³/mol. The Labute approximate surface area is 179 Å². The summed E-state index contributed by atoms with van der Waals surface area (Å²) in [5.74, 6) is 1.04. The van der Waals surface area contributed by atoms with Gasteiger partial charge in [0.1, 0.15) is 11.1 Å². The van der Waals surface area contributed by atoms with E-state index in [0.29, 0.717) is 23.1 Å². The SMILES string of the molecule is CC[C@H](C)c1ccc2oc(-c3ccc(NC(=O)c4cc5ccccc5o4)cc3)nc2c1. The van der Waals surface area contributed by atoms with Crippen LogP contribution in [-0.2, 0) is 0 Å². The molecule has 31 heavy (non-hydrogen) atoms. The maximum atomic E-state index is 12.5. The molecular formula is C26H22N2O3. The van der Waals surface area contributed by atoms with Crippen molar-refractivity contribution >= 4 is 33.7 Å². The summed E-state index contributed by atoms with van der Waals surface area (Å²) >= 11 is 0. The van der Waals surface area contributed by atoms with Crippen molar-refractivity contribution in [2.45, 2.75) is 26.2 Å². The van der Waals surface area contributed by atoms with Crippen LogP contribution in [0.4, 0.5) is 5.69 Å². The van der Waals surface area contributed by atoms with Crippen LogP contribution in [0.25, 0.3) is 33.5 Å². The van der Waals surface area contributed by atoms with Gasteiger partial charge in [-0.3, -0.25) is 4.79 Å². The van der Waals surface area contributed by atoms with Crippen LogP contribution in [0, 0.1) is 0 Å². The summed E-state index contributed by atoms with van der Waals surface area (Å²) in [5, 5.41) is 3.77. The van der Waals surface area contributed by atoms with Gasteiger partial charge in [-0.25, -0.2) is 4.98 Å². The number of nitrogens with one attached hydrogen (secondary N) is 1. The van der Waals surface area contributed by atoms with Gasteiger partial charge in [-0.05, 0) is 66.4 Å². The standard InChI is InChI=1S/C26H22N2O3/c1-3-16(2)18-10-13-23-21(14-18)28-26(31-23)17-8-11-20(12-9-17)27-25(29)24-15-19-6-4-5-7-22(19)30-24/h4-16H,3H2,1-2H3,(H,27,29)/t16-/m0/s1. The summed E-state index contributed by atoms with van der Waals surface area (Å²) in [5.41, 5.74) is 5.10. The molecule has 3 aromatic carbocycles. The molecule has 0 radical (unpaired) electrons. The third-order valence-electron chi connectivity index (χ3n) is 5.63. The molecule has 0 saturated heterocycles. The van der Waals surface area contributed by atoms with E-state index in [1.54, 1.807) is 6.07 Å². The summed E-state index contributed by atoms with van der Waals surface area (Å²) in [7, 11) is 0. The number of benzene rings is 3. The maximum Gasteiger partial charge on any atom is 0.291 e. The highest BCUT2D eigenvalue weighted by molar-refractivity contribution is 6.04. The molecule has 5 aromatic rings. The Bertz CT molecular complexity index is 1350. The zero-order valence-corrected chi connectivity index (χ0v) is 17.4. The number of para-hydroxylation sites is 1. The van der Waals surface area contributed by atoms with E-state index in [1.165, 1.54) is 5.56 Å². The van der Waals surface area contributed by atoms with Gasteiger partial charge in [0.2, 0.25) is 5.89 Å². The Morgan fingerprint density at radius 2 is 1.77 bits per heavy atom. The van der Waals surface area contributed by atoms with Crippen LogP contribution in [-0.4, -0.2) is 10.9 Å². The normalized spacial score (nSPS) is 12.3. The first-order valence-corrected chi connectivity index (χ1v) is 10.4. The lowest BCUT2D eigenvalue weighted by Gasteiger charge is -2.07. The highest BCUT2D eigenvalue weighted by Crippen LogP contribution is 2.29. The van der Waals surface area contributed by atoms with Crippen molar-refractivity contribution in [2.24, 2.45) is 0 Å². The molecule has 1 amide bonds. The highest BCUT2D eigenvalue weighted by atomic mass is 16.4. The number of carbonyl (C=O) groups excluding carboxylic acids is 1. The second kappa shape index (κ2) is 7.76. The average Bonchev–Trinajstić information content (AvgIpc) is 3.42. The van der Waals surface area contributed by atoms with Crippen molar-refractivity contribution in [3.05, 3.63) is 84.1 Å². The number of hydrogen-bond donors (Lipinski definition) is 1. The third-order valence-corrected chi connectivity index (χ3v) is 5.63. The summed E-state index contributed by atoms with van der Waals surface area (Å²) in [6.45, 7) is 4.39. The molecule has 2 aromatic heterocycles. The summed E-state index contributed by atoms with van der Waals surface area (Å²) < 4.78 is 11.6. The van der Waals surface area contributed by atoms with E-state index < -0.39 is 0 Å². The van der Waals surface area contributed by atoms with Crippen LogP contribution in [0.2, 0.25) is 0 Å². The van der Waals surface area contributed by atoms with Gasteiger partial charge in [0.25, 0.3) is 5.91 Å². The fourth-order valence-electron chi connectivity index (χ4n) is 3.59. The molecule has 0 saturated carbocycles. The molecular weight excluding hydrogens is 388 g/mol. The molecule has 0 fully saturated rings. The zero-order chi connectivity index (χ0) is 21.4. The number of hydrogen-bond acceptors (Lipinski definition) is 4. The van der Waals surface area contributed by atoms with Crippen molar-refractivity contribution in [3.8, 4) is 11.5 Å². The van der Waals surface area contributed by atoms with Gasteiger partial charge in [-0.15, -0.1) is 0 Å². The van der Waals surface area contributed by atoms with E-state index in [1.807, 2.05) is 54.6 Å². The third kappa shape index (κ3) is 3.70. The number of fused-ring (bicyclic) bond motifs is 2. The zero-order valence-electron chi connectivity index (χ0n) is 17.4. The molecule has 0 bridgehead atoms. The first-order chi connectivity index (χ1) is 15.1. The molecule has 0 aliphatic heterocycles. The summed E-state index contributed by atoms with van der Waals surface area (Å²) in [6.07, 6.45) is 1.08. The van der Waals surface area contributed by atoms with E-state index >= 15 is 0 Å². The van der Waals surface area contributed by atoms with Gasteiger partial charge in [-0.1, -0.05) is 38.1 Å². The maximum absolute atomic E-state index is 12.5. The van der Waals surface area contributed by atoms with E-state index in [4.69, 9.17) is 8.83 Å². The quantitative estimate of drug-likeness (QED) is 0.338. The topological polar surface area (TPSA) is 68.3 Å². The Kier molecular flexibility index (Phi) is 4.79. The molecule has 5 nitrogen and oxygen atoms in total. The fourth-order valence-corrected chi connectivity index (χ4v) is 3.59. The van der Waals surface area contributed by atoms with Crippen LogP contribution >= 0.6 is 0 Å². The first kappa shape index (κ1) is 19.1. The molecule has 0 aliphatic carbocycles. The number of anilines is 1. The molecule has 0 unspecified atom stereocenters. The van der Waals surface area contributed by atoms with E-state index in [-0.39, 0.29) is 11.7 Å². The number of rotatable bonds is 5. The lowest BCUT2D eigenvalue weighted by atomic mass is 9.98. The largest absolute Gasteiger partial charge is 0.451 e. The van der Waals surface area contributed by atoms with Crippen molar-refractivity contribution in [2.75, 3.05) is 5.32 Å². The van der Waals surface area contributed by atoms with Gasteiger partial charge >= 0.3 is 0 Å². The van der Waals surface area contributed by atoms with Crippen molar-refractivity contribution in [1.82, 2.24) is 4.98 Å². The molecule has 1 atom stereocenters. The Balaban J connectivity index is 1.35. The second-order valence-corrected chi connectivity index (χ2v) is 7.74.